The lowest BCUT2D eigenvalue weighted by molar-refractivity contribution is 0.0762. The van der Waals surface area contributed by atoms with Gasteiger partial charge in [0.05, 0.1) is 29.1 Å². The Morgan fingerprint density at radius 1 is 0.974 bits per heavy atom. The van der Waals surface area contributed by atoms with Crippen LogP contribution in [-0.2, 0) is 6.54 Å². The topological polar surface area (TPSA) is 86.1 Å². The van der Waals surface area contributed by atoms with Gasteiger partial charge in [-0.05, 0) is 72.7 Å². The third kappa shape index (κ3) is 4.84. The Morgan fingerprint density at radius 3 is 2.59 bits per heavy atom. The van der Waals surface area contributed by atoms with Crippen molar-refractivity contribution in [1.82, 2.24) is 24.2 Å². The van der Waals surface area contributed by atoms with E-state index in [0.29, 0.717) is 11.5 Å². The van der Waals surface area contributed by atoms with E-state index < -0.39 is 0 Å². The Hall–Kier alpha value is -3.58. The van der Waals surface area contributed by atoms with Crippen molar-refractivity contribution in [1.29, 1.82) is 5.26 Å². The van der Waals surface area contributed by atoms with E-state index >= 15 is 0 Å². The number of nitrogens with zero attached hydrogens (tertiary/aromatic N) is 7. The number of benzene rings is 2. The molecule has 0 saturated carbocycles. The summed E-state index contributed by atoms with van der Waals surface area (Å²) in [6.07, 6.45) is 6.89. The van der Waals surface area contributed by atoms with Crippen LogP contribution in [0.2, 0.25) is 0 Å². The predicted molar refractivity (Wildman–Crippen MR) is 156 cm³/mol. The summed E-state index contributed by atoms with van der Waals surface area (Å²) >= 11 is 0. The number of hydrogen-bond acceptors (Lipinski definition) is 6. The van der Waals surface area contributed by atoms with Crippen LogP contribution < -0.4 is 4.90 Å². The van der Waals surface area contributed by atoms with E-state index in [1.807, 2.05) is 24.3 Å². The van der Waals surface area contributed by atoms with Gasteiger partial charge in [0, 0.05) is 56.7 Å². The highest BCUT2D eigenvalue weighted by molar-refractivity contribution is 7.59. The van der Waals surface area contributed by atoms with Crippen molar-refractivity contribution in [2.75, 3.05) is 37.6 Å². The summed E-state index contributed by atoms with van der Waals surface area (Å²) in [7, 11) is 0. The molecule has 1 atom stereocenters. The van der Waals surface area contributed by atoms with Crippen molar-refractivity contribution < 1.29 is 5.11 Å². The molecule has 2 aromatic carbocycles. The zero-order chi connectivity index (χ0) is 25.6. The number of anilines is 1. The molecule has 2 aromatic heterocycles. The van der Waals surface area contributed by atoms with Crippen LogP contribution in [0.1, 0.15) is 30.4 Å². The standard InChI is InChI=1S/C30H31N7O.H2S/c31-15-21-1-3-23(4-2-21)24-14-29-30-33-32-20-37(30)28-6-5-26(13-25(28)19-36(29)18-24)35-12-7-22(17-35)16-34-10-8-27(38)9-11-34;/h1-6,13-14,18,20,22,27,38H,7-12,16-17,19H2;1H2/t22-;/m0./s1. The summed E-state index contributed by atoms with van der Waals surface area (Å²) < 4.78 is 4.36. The molecule has 0 bridgehead atoms. The number of fused-ring (bicyclic) bond motifs is 5. The molecule has 1 N–H and O–H groups in total. The normalized spacial score (nSPS) is 19.0. The molecule has 0 unspecified atom stereocenters. The lowest BCUT2D eigenvalue weighted by Crippen LogP contribution is -2.39. The first-order chi connectivity index (χ1) is 18.6. The molecule has 7 rings (SSSR count). The second-order valence-electron chi connectivity index (χ2n) is 10.9. The van der Waals surface area contributed by atoms with Crippen molar-refractivity contribution in [3.63, 3.8) is 0 Å². The fraction of sp³-hybridized carbons (Fsp3) is 0.367. The molecule has 5 heterocycles. The maximum absolute atomic E-state index is 9.83. The third-order valence-electron chi connectivity index (χ3n) is 8.41. The summed E-state index contributed by atoms with van der Waals surface area (Å²) in [5.74, 6) is 1.50. The van der Waals surface area contributed by atoms with Gasteiger partial charge in [0.2, 0.25) is 0 Å². The average Bonchev–Trinajstić information content (AvgIpc) is 3.69. The fourth-order valence-corrected chi connectivity index (χ4v) is 6.31. The van der Waals surface area contributed by atoms with Crippen LogP contribution >= 0.6 is 13.5 Å². The van der Waals surface area contributed by atoms with Gasteiger partial charge in [-0.2, -0.15) is 18.8 Å². The smallest absolute Gasteiger partial charge is 0.185 e. The first-order valence-electron chi connectivity index (χ1n) is 13.5. The highest BCUT2D eigenvalue weighted by Gasteiger charge is 2.28. The molecule has 0 spiro atoms. The minimum Gasteiger partial charge on any atom is -0.393 e. The van der Waals surface area contributed by atoms with Gasteiger partial charge >= 0.3 is 0 Å². The van der Waals surface area contributed by atoms with E-state index in [1.165, 1.54) is 17.7 Å². The van der Waals surface area contributed by atoms with Gasteiger partial charge in [-0.1, -0.05) is 12.1 Å². The summed E-state index contributed by atoms with van der Waals surface area (Å²) in [6, 6.07) is 18.9. The van der Waals surface area contributed by atoms with Gasteiger partial charge in [0.15, 0.2) is 5.82 Å². The van der Waals surface area contributed by atoms with Crippen LogP contribution in [-0.4, -0.2) is 68.2 Å². The maximum Gasteiger partial charge on any atom is 0.185 e. The van der Waals surface area contributed by atoms with Crippen molar-refractivity contribution in [3.8, 4) is 34.4 Å². The number of aliphatic hydroxyl groups excluding tert-OH is 1. The number of piperidine rings is 1. The summed E-state index contributed by atoms with van der Waals surface area (Å²) in [5.41, 5.74) is 7.53. The van der Waals surface area contributed by atoms with Crippen LogP contribution in [0.4, 0.5) is 5.69 Å². The van der Waals surface area contributed by atoms with Crippen molar-refractivity contribution in [2.45, 2.75) is 31.9 Å². The van der Waals surface area contributed by atoms with E-state index in [2.05, 4.69) is 65.7 Å². The molecule has 9 heteroatoms. The Balaban J connectivity index is 0.00000277. The third-order valence-corrected chi connectivity index (χ3v) is 8.41. The van der Waals surface area contributed by atoms with Crippen LogP contribution in [0.15, 0.2) is 61.1 Å². The zero-order valence-electron chi connectivity index (χ0n) is 21.9. The van der Waals surface area contributed by atoms with Crippen molar-refractivity contribution in [3.05, 3.63) is 72.2 Å². The van der Waals surface area contributed by atoms with Gasteiger partial charge in [0.25, 0.3) is 0 Å². The summed E-state index contributed by atoms with van der Waals surface area (Å²) in [5, 5.41) is 27.7. The fourth-order valence-electron chi connectivity index (χ4n) is 6.31. The Morgan fingerprint density at radius 2 is 1.79 bits per heavy atom. The van der Waals surface area contributed by atoms with Crippen LogP contribution in [0.25, 0.3) is 28.3 Å². The summed E-state index contributed by atoms with van der Waals surface area (Å²) in [4.78, 5) is 5.06. The first-order valence-corrected chi connectivity index (χ1v) is 13.5. The molecule has 3 aliphatic heterocycles. The second kappa shape index (κ2) is 10.5. The van der Waals surface area contributed by atoms with E-state index in [9.17, 15) is 5.11 Å². The quantitative estimate of drug-likeness (QED) is 0.371. The number of nitriles is 1. The molecule has 39 heavy (non-hydrogen) atoms. The number of aromatic nitrogens is 4. The van der Waals surface area contributed by atoms with E-state index in [1.54, 1.807) is 6.33 Å². The lowest BCUT2D eigenvalue weighted by Gasteiger charge is -2.31. The average molecular weight is 540 g/mol. The van der Waals surface area contributed by atoms with Gasteiger partial charge in [-0.3, -0.25) is 4.57 Å². The van der Waals surface area contributed by atoms with E-state index in [0.717, 1.165) is 80.4 Å². The first kappa shape index (κ1) is 25.7. The maximum atomic E-state index is 9.83. The van der Waals surface area contributed by atoms with Crippen LogP contribution in [0.3, 0.4) is 0 Å². The predicted octanol–water partition coefficient (Wildman–Crippen LogP) is 4.03. The molecule has 4 aromatic rings. The molecular formula is C30H33N7OS. The molecule has 0 aliphatic carbocycles. The molecular weight excluding hydrogens is 506 g/mol. The van der Waals surface area contributed by atoms with Crippen molar-refractivity contribution in [2.24, 2.45) is 5.92 Å². The minimum atomic E-state index is -0.113. The monoisotopic (exact) mass is 539 g/mol. The Bertz CT molecular complexity index is 1510. The van der Waals surface area contributed by atoms with E-state index in [4.69, 9.17) is 5.26 Å². The van der Waals surface area contributed by atoms with Crippen LogP contribution in [0, 0.1) is 17.2 Å². The van der Waals surface area contributed by atoms with Gasteiger partial charge in [0.1, 0.15) is 6.33 Å². The number of aliphatic hydroxyl groups is 1. The molecule has 0 amide bonds. The molecule has 3 aliphatic rings. The molecule has 2 saturated heterocycles. The summed E-state index contributed by atoms with van der Waals surface area (Å²) in [6.45, 7) is 6.07. The van der Waals surface area contributed by atoms with E-state index in [-0.39, 0.29) is 19.6 Å². The number of rotatable bonds is 4. The van der Waals surface area contributed by atoms with Crippen LogP contribution in [0.5, 0.6) is 0 Å². The van der Waals surface area contributed by atoms with Gasteiger partial charge in [-0.15, -0.1) is 10.2 Å². The van der Waals surface area contributed by atoms with Gasteiger partial charge < -0.3 is 19.5 Å². The highest BCUT2D eigenvalue weighted by atomic mass is 32.1. The zero-order valence-corrected chi connectivity index (χ0v) is 22.9. The SMILES string of the molecule is N#Cc1ccc(-c2cc3n(c2)Cc2cc(N4CC[C@@H](CN5CCC(O)CC5)C4)ccc2-n2cnnc2-3)cc1.S. The molecule has 0 radical (unpaired) electrons. The highest BCUT2D eigenvalue weighted by Crippen LogP contribution is 2.36. The Labute approximate surface area is 235 Å². The number of likely N-dealkylation sites (tertiary alicyclic amines) is 1. The number of hydrogen-bond donors (Lipinski definition) is 1. The second-order valence-corrected chi connectivity index (χ2v) is 10.9. The lowest BCUT2D eigenvalue weighted by atomic mass is 10.0. The minimum absolute atomic E-state index is 0. The molecule has 8 nitrogen and oxygen atoms in total. The van der Waals surface area contributed by atoms with Crippen molar-refractivity contribution >= 4 is 19.2 Å². The molecule has 200 valence electrons. The van der Waals surface area contributed by atoms with Gasteiger partial charge in [-0.25, -0.2) is 0 Å². The Kier molecular flexibility index (Phi) is 6.94. The molecule has 2 fully saturated rings. The largest absolute Gasteiger partial charge is 0.393 e.